The van der Waals surface area contributed by atoms with Gasteiger partial charge in [-0.3, -0.25) is 4.79 Å². The molecule has 0 heterocycles. The summed E-state index contributed by atoms with van der Waals surface area (Å²) in [4.78, 5) is 12.8. The van der Waals surface area contributed by atoms with Gasteiger partial charge in [-0.15, -0.1) is 0 Å². The molecule has 4 heteroatoms. The lowest BCUT2D eigenvalue weighted by Crippen LogP contribution is -2.06. The lowest BCUT2D eigenvalue weighted by Gasteiger charge is -2.13. The Labute approximate surface area is 187 Å². The summed E-state index contributed by atoms with van der Waals surface area (Å²) in [7, 11) is 0. The van der Waals surface area contributed by atoms with Gasteiger partial charge in [-0.1, -0.05) is 62.4 Å². The van der Waals surface area contributed by atoms with E-state index in [0.29, 0.717) is 27.3 Å². The quantitative estimate of drug-likeness (QED) is 0.295. The monoisotopic (exact) mass is 433 g/mol. The third-order valence-corrected chi connectivity index (χ3v) is 5.62. The molecule has 1 unspecified atom stereocenters. The standard InChI is InChI=1S/C27H25ClFNO/c1-4-18(3)26(30)6-5-7-27(31)20-10-13-22-24(16-20)23(14-17(2)15-25(22)29)19-8-11-21(28)12-9-19/h5-16,18H,2,4,30H2,1,3H3/b7-5+,26-6-. The minimum Gasteiger partial charge on any atom is -0.402 e. The van der Waals surface area contributed by atoms with Crippen molar-refractivity contribution in [2.45, 2.75) is 20.3 Å². The van der Waals surface area contributed by atoms with Crippen molar-refractivity contribution >= 4 is 28.8 Å². The Morgan fingerprint density at radius 1 is 1.16 bits per heavy atom. The van der Waals surface area contributed by atoms with E-state index in [4.69, 9.17) is 17.3 Å². The average molecular weight is 434 g/mol. The first-order valence-electron chi connectivity index (χ1n) is 10.2. The van der Waals surface area contributed by atoms with E-state index >= 15 is 0 Å². The van der Waals surface area contributed by atoms with Gasteiger partial charge in [0.2, 0.25) is 0 Å². The molecule has 0 aliphatic heterocycles. The molecular weight excluding hydrogens is 409 g/mol. The third-order valence-electron chi connectivity index (χ3n) is 5.37. The number of carbonyl (C=O) groups excluding carboxylic acids is 1. The maximum atomic E-state index is 14.8. The minimum atomic E-state index is -0.390. The van der Waals surface area contributed by atoms with E-state index in [9.17, 15) is 9.18 Å². The molecule has 2 N–H and O–H groups in total. The Morgan fingerprint density at radius 2 is 1.87 bits per heavy atom. The maximum Gasteiger partial charge on any atom is 0.185 e. The summed E-state index contributed by atoms with van der Waals surface area (Å²) in [5, 5.41) is 0.611. The molecule has 0 aromatic heterocycles. The lowest BCUT2D eigenvalue weighted by atomic mass is 9.91. The van der Waals surface area contributed by atoms with Gasteiger partial charge in [-0.05, 0) is 77.1 Å². The number of hydrogen-bond acceptors (Lipinski definition) is 2. The summed E-state index contributed by atoms with van der Waals surface area (Å²) >= 11 is 6.03. The molecule has 0 bridgehead atoms. The summed E-state index contributed by atoms with van der Waals surface area (Å²) < 4.78 is 14.8. The van der Waals surface area contributed by atoms with Crippen LogP contribution in [0.1, 0.15) is 47.3 Å². The average Bonchev–Trinajstić information content (AvgIpc) is 2.88. The number of nitrogens with two attached hydrogens (primary N) is 1. The largest absolute Gasteiger partial charge is 0.402 e. The Balaban J connectivity index is 2.01. The van der Waals surface area contributed by atoms with Crippen LogP contribution in [0.25, 0.3) is 11.4 Å². The van der Waals surface area contributed by atoms with Crippen molar-refractivity contribution in [2.24, 2.45) is 11.7 Å². The van der Waals surface area contributed by atoms with Gasteiger partial charge < -0.3 is 5.73 Å². The van der Waals surface area contributed by atoms with Crippen LogP contribution in [0.2, 0.25) is 5.02 Å². The van der Waals surface area contributed by atoms with Crippen LogP contribution < -0.4 is 5.73 Å². The van der Waals surface area contributed by atoms with Gasteiger partial charge in [0.25, 0.3) is 0 Å². The number of fused-ring (bicyclic) bond motifs is 1. The fraction of sp³-hybridized carbons (Fsp3) is 0.148. The van der Waals surface area contributed by atoms with E-state index in [1.165, 1.54) is 12.2 Å². The summed E-state index contributed by atoms with van der Waals surface area (Å²) in [5.41, 5.74) is 10.4. The molecule has 0 spiro atoms. The zero-order valence-electron chi connectivity index (χ0n) is 17.7. The fourth-order valence-corrected chi connectivity index (χ4v) is 3.41. The molecular formula is C27H25ClFNO. The molecule has 0 saturated heterocycles. The van der Waals surface area contributed by atoms with Gasteiger partial charge in [0, 0.05) is 21.8 Å². The number of ketones is 1. The van der Waals surface area contributed by atoms with Gasteiger partial charge in [0.05, 0.1) is 0 Å². The topological polar surface area (TPSA) is 43.1 Å². The first-order valence-corrected chi connectivity index (χ1v) is 10.5. The second kappa shape index (κ2) is 9.76. The molecule has 0 fully saturated rings. The molecule has 0 radical (unpaired) electrons. The van der Waals surface area contributed by atoms with E-state index in [1.807, 2.05) is 25.1 Å². The Morgan fingerprint density at radius 3 is 2.55 bits per heavy atom. The van der Waals surface area contributed by atoms with Crippen LogP contribution in [0.5, 0.6) is 0 Å². The van der Waals surface area contributed by atoms with E-state index in [1.54, 1.807) is 42.5 Å². The molecule has 0 amide bonds. The van der Waals surface area contributed by atoms with E-state index in [0.717, 1.165) is 23.3 Å². The summed E-state index contributed by atoms with van der Waals surface area (Å²) in [6.07, 6.45) is 9.03. The molecule has 158 valence electrons. The van der Waals surface area contributed by atoms with Gasteiger partial charge in [-0.25, -0.2) is 4.39 Å². The highest BCUT2D eigenvalue weighted by molar-refractivity contribution is 6.30. The highest BCUT2D eigenvalue weighted by atomic mass is 35.5. The third kappa shape index (κ3) is 5.31. The molecule has 1 aliphatic carbocycles. The highest BCUT2D eigenvalue weighted by Gasteiger charge is 2.19. The van der Waals surface area contributed by atoms with Crippen LogP contribution >= 0.6 is 11.6 Å². The highest BCUT2D eigenvalue weighted by Crippen LogP contribution is 2.36. The molecule has 2 aromatic carbocycles. The normalized spacial score (nSPS) is 15.2. The summed E-state index contributed by atoms with van der Waals surface area (Å²) in [6, 6.07) is 12.3. The van der Waals surface area contributed by atoms with Crippen LogP contribution in [-0.2, 0) is 0 Å². The second-order valence-corrected chi connectivity index (χ2v) is 8.03. The van der Waals surface area contributed by atoms with Gasteiger partial charge in [0.15, 0.2) is 5.78 Å². The Bertz CT molecular complexity index is 1140. The summed E-state index contributed by atoms with van der Waals surface area (Å²) in [5.74, 6) is -0.319. The van der Waals surface area contributed by atoms with E-state index < -0.39 is 0 Å². The van der Waals surface area contributed by atoms with Crippen molar-refractivity contribution < 1.29 is 9.18 Å². The molecule has 2 aromatic rings. The van der Waals surface area contributed by atoms with Crippen molar-refractivity contribution in [1.29, 1.82) is 0 Å². The van der Waals surface area contributed by atoms with Gasteiger partial charge in [-0.2, -0.15) is 0 Å². The van der Waals surface area contributed by atoms with E-state index in [-0.39, 0.29) is 17.5 Å². The fourth-order valence-electron chi connectivity index (χ4n) is 3.29. The van der Waals surface area contributed by atoms with Crippen LogP contribution in [0.3, 0.4) is 0 Å². The molecule has 3 rings (SSSR count). The van der Waals surface area contributed by atoms with Gasteiger partial charge in [0.1, 0.15) is 5.83 Å². The van der Waals surface area contributed by atoms with Crippen LogP contribution in [-0.4, -0.2) is 5.78 Å². The number of carbonyl (C=O) groups is 1. The van der Waals surface area contributed by atoms with Crippen LogP contribution in [0, 0.1) is 5.92 Å². The lowest BCUT2D eigenvalue weighted by molar-refractivity contribution is 0.104. The van der Waals surface area contributed by atoms with Crippen molar-refractivity contribution in [2.75, 3.05) is 0 Å². The smallest absolute Gasteiger partial charge is 0.185 e. The molecule has 1 atom stereocenters. The van der Waals surface area contributed by atoms with Crippen LogP contribution in [0.4, 0.5) is 4.39 Å². The number of rotatable bonds is 6. The number of halogens is 2. The molecule has 2 nitrogen and oxygen atoms in total. The van der Waals surface area contributed by atoms with Crippen LogP contribution in [0.15, 0.2) is 90.7 Å². The molecule has 0 saturated carbocycles. The SMILES string of the molecule is C=C1C=C(F)c2ccc(C(=O)/C=C/C=C(\N)C(C)CC)cc2C(c2ccc(Cl)cc2)=C1. The zero-order valence-corrected chi connectivity index (χ0v) is 18.4. The Kier molecular flexibility index (Phi) is 7.09. The van der Waals surface area contributed by atoms with E-state index in [2.05, 4.69) is 13.5 Å². The molecule has 31 heavy (non-hydrogen) atoms. The first-order chi connectivity index (χ1) is 14.8. The summed E-state index contributed by atoms with van der Waals surface area (Å²) in [6.45, 7) is 8.02. The Hall–Kier alpha value is -3.17. The maximum absolute atomic E-state index is 14.8. The number of benzene rings is 2. The second-order valence-electron chi connectivity index (χ2n) is 7.59. The number of hydrogen-bond donors (Lipinski definition) is 1. The number of allylic oxidation sites excluding steroid dienone is 7. The van der Waals surface area contributed by atoms with Crippen molar-refractivity contribution in [1.82, 2.24) is 0 Å². The predicted octanol–water partition coefficient (Wildman–Crippen LogP) is 7.28. The first kappa shape index (κ1) is 22.5. The predicted molar refractivity (Wildman–Crippen MR) is 128 cm³/mol. The van der Waals surface area contributed by atoms with Gasteiger partial charge >= 0.3 is 0 Å². The minimum absolute atomic E-state index is 0.182. The van der Waals surface area contributed by atoms with Crippen molar-refractivity contribution in [3.05, 3.63) is 118 Å². The van der Waals surface area contributed by atoms with Crippen molar-refractivity contribution in [3.63, 3.8) is 0 Å². The molecule has 1 aliphatic rings. The van der Waals surface area contributed by atoms with Crippen molar-refractivity contribution in [3.8, 4) is 0 Å². The zero-order chi connectivity index (χ0) is 22.5.